The van der Waals surface area contributed by atoms with Gasteiger partial charge in [0.15, 0.2) is 0 Å². The van der Waals surface area contributed by atoms with Gasteiger partial charge in [0.05, 0.1) is 0 Å². The van der Waals surface area contributed by atoms with E-state index >= 15 is 0 Å². The summed E-state index contributed by atoms with van der Waals surface area (Å²) in [7, 11) is 0. The first-order valence-electron chi connectivity index (χ1n) is 6.89. The van der Waals surface area contributed by atoms with Gasteiger partial charge in [-0.1, -0.05) is 26.7 Å². The smallest absolute Gasteiger partial charge is 0.319 e. The molecular weight excluding hydrogens is 243 g/mol. The highest BCUT2D eigenvalue weighted by atomic mass is 19.1. The van der Waals surface area contributed by atoms with Crippen LogP contribution in [0.15, 0.2) is 24.3 Å². The van der Waals surface area contributed by atoms with Gasteiger partial charge in [-0.2, -0.15) is 0 Å². The van der Waals surface area contributed by atoms with Gasteiger partial charge in [-0.3, -0.25) is 0 Å². The monoisotopic (exact) mass is 264 g/mol. The Hall–Kier alpha value is -1.58. The Morgan fingerprint density at radius 2 is 1.89 bits per heavy atom. The molecule has 1 aromatic rings. The van der Waals surface area contributed by atoms with Crippen LogP contribution in [-0.2, 0) is 0 Å². The lowest BCUT2D eigenvalue weighted by atomic mass is 9.78. The van der Waals surface area contributed by atoms with Crippen LogP contribution in [0.3, 0.4) is 0 Å². The first kappa shape index (κ1) is 13.8. The van der Waals surface area contributed by atoms with Crippen molar-refractivity contribution in [1.82, 2.24) is 5.32 Å². The second-order valence-corrected chi connectivity index (χ2v) is 5.48. The van der Waals surface area contributed by atoms with E-state index in [0.717, 1.165) is 12.8 Å². The van der Waals surface area contributed by atoms with E-state index in [1.807, 2.05) is 0 Å². The largest absolute Gasteiger partial charge is 0.335 e. The van der Waals surface area contributed by atoms with Gasteiger partial charge in [-0.05, 0) is 42.5 Å². The van der Waals surface area contributed by atoms with Crippen molar-refractivity contribution < 1.29 is 9.18 Å². The first-order valence-corrected chi connectivity index (χ1v) is 6.89. The number of anilines is 1. The molecule has 19 heavy (non-hydrogen) atoms. The second-order valence-electron chi connectivity index (χ2n) is 5.48. The number of hydrogen-bond donors (Lipinski definition) is 2. The summed E-state index contributed by atoms with van der Waals surface area (Å²) in [5.41, 5.74) is 0.607. The van der Waals surface area contributed by atoms with Crippen molar-refractivity contribution in [2.75, 3.05) is 5.32 Å². The Balaban J connectivity index is 1.88. The molecule has 1 aromatic carbocycles. The third-order valence-electron chi connectivity index (χ3n) is 4.13. The number of benzene rings is 1. The zero-order valence-electron chi connectivity index (χ0n) is 11.4. The van der Waals surface area contributed by atoms with Gasteiger partial charge in [0.2, 0.25) is 0 Å². The SMILES string of the molecule is C[C@H]1[C@@H](NC(=O)Nc2ccc(F)cc2)CCC[C@@H]1C. The van der Waals surface area contributed by atoms with Crippen LogP contribution in [-0.4, -0.2) is 12.1 Å². The quantitative estimate of drug-likeness (QED) is 0.838. The number of nitrogens with one attached hydrogen (secondary N) is 2. The van der Waals surface area contributed by atoms with Crippen LogP contribution in [0.4, 0.5) is 14.9 Å². The molecule has 1 aliphatic carbocycles. The van der Waals surface area contributed by atoms with E-state index in [1.165, 1.54) is 18.6 Å². The number of carbonyl (C=O) groups excluding carboxylic acids is 1. The molecule has 2 rings (SSSR count). The molecule has 0 unspecified atom stereocenters. The molecule has 1 fully saturated rings. The average Bonchev–Trinajstić information content (AvgIpc) is 2.38. The molecular formula is C15H21FN2O. The zero-order valence-corrected chi connectivity index (χ0v) is 11.4. The zero-order chi connectivity index (χ0) is 13.8. The summed E-state index contributed by atoms with van der Waals surface area (Å²) < 4.78 is 12.8. The van der Waals surface area contributed by atoms with E-state index in [9.17, 15) is 9.18 Å². The summed E-state index contributed by atoms with van der Waals surface area (Å²) in [5.74, 6) is 0.832. The standard InChI is InChI=1S/C15H21FN2O/c1-10-4-3-5-14(11(10)2)18-15(19)17-13-8-6-12(16)7-9-13/h6-11,14H,3-5H2,1-2H3,(H2,17,18,19)/t10-,11+,14-/m0/s1. The van der Waals surface area contributed by atoms with E-state index in [2.05, 4.69) is 24.5 Å². The summed E-state index contributed by atoms with van der Waals surface area (Å²) in [6.07, 6.45) is 3.42. The lowest BCUT2D eigenvalue weighted by Crippen LogP contribution is -2.45. The van der Waals surface area contributed by atoms with Gasteiger partial charge in [-0.25, -0.2) is 9.18 Å². The number of urea groups is 1. The highest BCUT2D eigenvalue weighted by molar-refractivity contribution is 5.89. The highest BCUT2D eigenvalue weighted by Crippen LogP contribution is 2.29. The lowest BCUT2D eigenvalue weighted by molar-refractivity contribution is 0.201. The molecule has 0 saturated heterocycles. The Morgan fingerprint density at radius 1 is 1.21 bits per heavy atom. The van der Waals surface area contributed by atoms with Crippen LogP contribution in [0.5, 0.6) is 0 Å². The third-order valence-corrected chi connectivity index (χ3v) is 4.13. The van der Waals surface area contributed by atoms with E-state index in [0.29, 0.717) is 17.5 Å². The topological polar surface area (TPSA) is 41.1 Å². The number of hydrogen-bond acceptors (Lipinski definition) is 1. The molecule has 0 radical (unpaired) electrons. The van der Waals surface area contributed by atoms with Crippen molar-refractivity contribution in [2.24, 2.45) is 11.8 Å². The molecule has 1 saturated carbocycles. The van der Waals surface area contributed by atoms with E-state index < -0.39 is 0 Å². The third kappa shape index (κ3) is 3.69. The maximum absolute atomic E-state index is 12.8. The molecule has 2 N–H and O–H groups in total. The van der Waals surface area contributed by atoms with Crippen LogP contribution in [0.25, 0.3) is 0 Å². The maximum Gasteiger partial charge on any atom is 0.319 e. The fourth-order valence-electron chi connectivity index (χ4n) is 2.65. The Labute approximate surface area is 113 Å². The van der Waals surface area contributed by atoms with Crippen molar-refractivity contribution in [3.05, 3.63) is 30.1 Å². The molecule has 0 spiro atoms. The summed E-state index contributed by atoms with van der Waals surface area (Å²) >= 11 is 0. The van der Waals surface area contributed by atoms with Crippen molar-refractivity contribution in [1.29, 1.82) is 0 Å². The molecule has 0 bridgehead atoms. The molecule has 0 heterocycles. The fourth-order valence-corrected chi connectivity index (χ4v) is 2.65. The van der Waals surface area contributed by atoms with Crippen molar-refractivity contribution in [3.8, 4) is 0 Å². The second kappa shape index (κ2) is 6.04. The van der Waals surface area contributed by atoms with E-state index in [1.54, 1.807) is 12.1 Å². The van der Waals surface area contributed by atoms with Crippen LogP contribution in [0.2, 0.25) is 0 Å². The van der Waals surface area contributed by atoms with Gasteiger partial charge < -0.3 is 10.6 Å². The summed E-state index contributed by atoms with van der Waals surface area (Å²) in [5, 5.41) is 5.75. The number of halogens is 1. The van der Waals surface area contributed by atoms with Crippen LogP contribution < -0.4 is 10.6 Å². The Kier molecular flexibility index (Phi) is 4.40. The molecule has 4 heteroatoms. The molecule has 0 aliphatic heterocycles. The first-order chi connectivity index (χ1) is 9.06. The minimum Gasteiger partial charge on any atom is -0.335 e. The minimum absolute atomic E-state index is 0.211. The fraction of sp³-hybridized carbons (Fsp3) is 0.533. The predicted molar refractivity (Wildman–Crippen MR) is 74.5 cm³/mol. The van der Waals surface area contributed by atoms with E-state index in [4.69, 9.17) is 0 Å². The van der Waals surface area contributed by atoms with Crippen LogP contribution in [0.1, 0.15) is 33.1 Å². The molecule has 1 aliphatic rings. The lowest BCUT2D eigenvalue weighted by Gasteiger charge is -2.34. The summed E-state index contributed by atoms with van der Waals surface area (Å²) in [4.78, 5) is 11.9. The maximum atomic E-state index is 12.8. The number of amides is 2. The molecule has 0 aromatic heterocycles. The molecule has 2 amide bonds. The van der Waals surface area contributed by atoms with Crippen molar-refractivity contribution in [3.63, 3.8) is 0 Å². The number of rotatable bonds is 2. The van der Waals surface area contributed by atoms with Gasteiger partial charge in [-0.15, -0.1) is 0 Å². The molecule has 3 nitrogen and oxygen atoms in total. The molecule has 3 atom stereocenters. The Morgan fingerprint density at radius 3 is 2.58 bits per heavy atom. The van der Waals surface area contributed by atoms with Crippen molar-refractivity contribution >= 4 is 11.7 Å². The van der Waals surface area contributed by atoms with Crippen LogP contribution in [0, 0.1) is 17.7 Å². The van der Waals surface area contributed by atoms with E-state index in [-0.39, 0.29) is 17.9 Å². The minimum atomic E-state index is -0.305. The molecule has 104 valence electrons. The van der Waals surface area contributed by atoms with Gasteiger partial charge in [0.25, 0.3) is 0 Å². The average molecular weight is 264 g/mol. The van der Waals surface area contributed by atoms with Gasteiger partial charge in [0.1, 0.15) is 5.82 Å². The normalized spacial score (nSPS) is 26.8. The van der Waals surface area contributed by atoms with Gasteiger partial charge >= 0.3 is 6.03 Å². The summed E-state index contributed by atoms with van der Waals surface area (Å²) in [6, 6.07) is 5.80. The Bertz CT molecular complexity index is 432. The van der Waals surface area contributed by atoms with Crippen LogP contribution >= 0.6 is 0 Å². The predicted octanol–water partition coefficient (Wildman–Crippen LogP) is 3.77. The highest BCUT2D eigenvalue weighted by Gasteiger charge is 2.28. The van der Waals surface area contributed by atoms with Gasteiger partial charge in [0, 0.05) is 11.7 Å². The summed E-state index contributed by atoms with van der Waals surface area (Å²) in [6.45, 7) is 4.42. The number of carbonyl (C=O) groups is 1. The van der Waals surface area contributed by atoms with Crippen molar-refractivity contribution in [2.45, 2.75) is 39.2 Å².